The summed E-state index contributed by atoms with van der Waals surface area (Å²) in [6.45, 7) is 1.36. The van der Waals surface area contributed by atoms with Crippen LogP contribution in [0.1, 0.15) is 11.3 Å². The molecule has 2 aromatic heterocycles. The molecule has 0 radical (unpaired) electrons. The van der Waals surface area contributed by atoms with E-state index in [-0.39, 0.29) is 5.82 Å². The molecule has 0 atom stereocenters. The van der Waals surface area contributed by atoms with Gasteiger partial charge in [-0.3, -0.25) is 4.98 Å². The van der Waals surface area contributed by atoms with Crippen LogP contribution in [-0.4, -0.2) is 21.5 Å². The van der Waals surface area contributed by atoms with E-state index < -0.39 is 0 Å². The van der Waals surface area contributed by atoms with E-state index in [4.69, 9.17) is 0 Å². The largest absolute Gasteiger partial charge is 0.336 e. The molecular weight excluding hydrogens is 291 g/mol. The highest BCUT2D eigenvalue weighted by molar-refractivity contribution is 5.32. The smallest absolute Gasteiger partial charge is 0.225 e. The highest BCUT2D eigenvalue weighted by Gasteiger charge is 2.10. The minimum atomic E-state index is -0.232. The number of pyridine rings is 1. The minimum Gasteiger partial charge on any atom is -0.336 e. The number of halogens is 1. The van der Waals surface area contributed by atoms with Crippen LogP contribution in [0.15, 0.2) is 67.1 Å². The van der Waals surface area contributed by atoms with Crippen molar-refractivity contribution in [3.63, 3.8) is 0 Å². The molecule has 0 bridgehead atoms. The van der Waals surface area contributed by atoms with Crippen molar-refractivity contribution < 1.29 is 4.39 Å². The fraction of sp³-hybridized carbons (Fsp3) is 0.167. The van der Waals surface area contributed by atoms with Gasteiger partial charge in [-0.2, -0.15) is 0 Å². The van der Waals surface area contributed by atoms with Crippen molar-refractivity contribution in [1.29, 1.82) is 0 Å². The standard InChI is InChI=1S/C18H17FN4/c19-16-7-5-15(6-8-16)14-23(18-21-11-3-12-22-18)13-9-17-4-1-2-10-20-17/h1-8,10-12H,9,13-14H2. The number of anilines is 1. The van der Waals surface area contributed by atoms with Gasteiger partial charge in [-0.25, -0.2) is 14.4 Å². The number of nitrogens with zero attached hydrogens (tertiary/aromatic N) is 4. The average Bonchev–Trinajstić information content (AvgIpc) is 2.62. The van der Waals surface area contributed by atoms with Crippen LogP contribution in [0.3, 0.4) is 0 Å². The molecule has 0 unspecified atom stereocenters. The fourth-order valence-electron chi connectivity index (χ4n) is 2.31. The van der Waals surface area contributed by atoms with E-state index >= 15 is 0 Å². The summed E-state index contributed by atoms with van der Waals surface area (Å²) in [6, 6.07) is 14.2. The van der Waals surface area contributed by atoms with Crippen molar-refractivity contribution >= 4 is 5.95 Å². The second-order valence-corrected chi connectivity index (χ2v) is 5.17. The van der Waals surface area contributed by atoms with Gasteiger partial charge in [-0.15, -0.1) is 0 Å². The summed E-state index contributed by atoms with van der Waals surface area (Å²) in [5, 5.41) is 0. The number of rotatable bonds is 6. The second-order valence-electron chi connectivity index (χ2n) is 5.17. The Morgan fingerprint density at radius 1 is 0.826 bits per heavy atom. The Balaban J connectivity index is 1.75. The van der Waals surface area contributed by atoms with E-state index in [2.05, 4.69) is 19.9 Å². The Hall–Kier alpha value is -2.82. The molecule has 3 aromatic rings. The zero-order valence-electron chi connectivity index (χ0n) is 12.6. The lowest BCUT2D eigenvalue weighted by atomic mass is 10.2. The summed E-state index contributed by atoms with van der Waals surface area (Å²) in [7, 11) is 0. The molecule has 4 nitrogen and oxygen atoms in total. The van der Waals surface area contributed by atoms with Crippen molar-refractivity contribution in [2.75, 3.05) is 11.4 Å². The van der Waals surface area contributed by atoms with Crippen LogP contribution >= 0.6 is 0 Å². The molecule has 0 amide bonds. The van der Waals surface area contributed by atoms with Crippen LogP contribution in [0.4, 0.5) is 10.3 Å². The summed E-state index contributed by atoms with van der Waals surface area (Å²) in [6.07, 6.45) is 6.03. The molecule has 0 aliphatic heterocycles. The minimum absolute atomic E-state index is 0.232. The molecule has 23 heavy (non-hydrogen) atoms. The van der Waals surface area contributed by atoms with Crippen LogP contribution < -0.4 is 4.90 Å². The van der Waals surface area contributed by atoms with Gasteiger partial charge in [-0.05, 0) is 35.9 Å². The average molecular weight is 308 g/mol. The van der Waals surface area contributed by atoms with Gasteiger partial charge < -0.3 is 4.90 Å². The summed E-state index contributed by atoms with van der Waals surface area (Å²) < 4.78 is 13.1. The fourth-order valence-corrected chi connectivity index (χ4v) is 2.31. The number of hydrogen-bond acceptors (Lipinski definition) is 4. The summed E-state index contributed by atoms with van der Waals surface area (Å²) in [4.78, 5) is 15.1. The monoisotopic (exact) mass is 308 g/mol. The van der Waals surface area contributed by atoms with Crippen molar-refractivity contribution in [3.05, 3.63) is 84.2 Å². The van der Waals surface area contributed by atoms with Crippen molar-refractivity contribution in [3.8, 4) is 0 Å². The third-order valence-corrected chi connectivity index (χ3v) is 3.49. The maximum atomic E-state index is 13.1. The Bertz CT molecular complexity index is 717. The lowest BCUT2D eigenvalue weighted by Gasteiger charge is -2.22. The lowest BCUT2D eigenvalue weighted by molar-refractivity contribution is 0.626. The Kier molecular flexibility index (Phi) is 4.88. The number of aromatic nitrogens is 3. The first-order chi connectivity index (χ1) is 11.3. The molecule has 0 aliphatic carbocycles. The molecule has 0 aliphatic rings. The van der Waals surface area contributed by atoms with Crippen molar-refractivity contribution in [1.82, 2.24) is 15.0 Å². The molecule has 5 heteroatoms. The number of hydrogen-bond donors (Lipinski definition) is 0. The maximum Gasteiger partial charge on any atom is 0.225 e. The van der Waals surface area contributed by atoms with Crippen LogP contribution in [0.5, 0.6) is 0 Å². The van der Waals surface area contributed by atoms with E-state index in [0.29, 0.717) is 12.5 Å². The molecule has 0 saturated carbocycles. The predicted octanol–water partition coefficient (Wildman–Crippen LogP) is 3.26. The van der Waals surface area contributed by atoms with Gasteiger partial charge in [0.15, 0.2) is 0 Å². The van der Waals surface area contributed by atoms with Gasteiger partial charge in [0, 0.05) is 43.8 Å². The molecule has 116 valence electrons. The highest BCUT2D eigenvalue weighted by Crippen LogP contribution is 2.13. The number of benzene rings is 1. The quantitative estimate of drug-likeness (QED) is 0.701. The Morgan fingerprint density at radius 3 is 2.26 bits per heavy atom. The zero-order chi connectivity index (χ0) is 15.9. The van der Waals surface area contributed by atoms with Crippen LogP contribution in [0, 0.1) is 5.82 Å². The molecule has 1 aromatic carbocycles. The van der Waals surface area contributed by atoms with Crippen LogP contribution in [0.2, 0.25) is 0 Å². The summed E-state index contributed by atoms with van der Waals surface area (Å²) in [5.74, 6) is 0.428. The third kappa shape index (κ3) is 4.32. The van der Waals surface area contributed by atoms with Crippen molar-refractivity contribution in [2.45, 2.75) is 13.0 Å². The molecular formula is C18H17FN4. The predicted molar refractivity (Wildman–Crippen MR) is 87.4 cm³/mol. The van der Waals surface area contributed by atoms with Gasteiger partial charge in [0.2, 0.25) is 5.95 Å². The van der Waals surface area contributed by atoms with Gasteiger partial charge in [0.05, 0.1) is 0 Å². The topological polar surface area (TPSA) is 41.9 Å². The molecule has 0 saturated heterocycles. The maximum absolute atomic E-state index is 13.1. The molecule has 2 heterocycles. The van der Waals surface area contributed by atoms with E-state index in [1.54, 1.807) is 36.8 Å². The molecule has 0 spiro atoms. The van der Waals surface area contributed by atoms with Crippen LogP contribution in [-0.2, 0) is 13.0 Å². The van der Waals surface area contributed by atoms with Gasteiger partial charge in [0.1, 0.15) is 5.82 Å². The van der Waals surface area contributed by atoms with Gasteiger partial charge >= 0.3 is 0 Å². The summed E-state index contributed by atoms with van der Waals surface area (Å²) >= 11 is 0. The van der Waals surface area contributed by atoms with E-state index in [1.165, 1.54) is 12.1 Å². The Morgan fingerprint density at radius 2 is 1.57 bits per heavy atom. The SMILES string of the molecule is Fc1ccc(CN(CCc2ccccn2)c2ncccn2)cc1. The zero-order valence-corrected chi connectivity index (χ0v) is 12.6. The molecule has 0 N–H and O–H groups in total. The molecule has 3 rings (SSSR count). The first kappa shape index (κ1) is 15.1. The summed E-state index contributed by atoms with van der Waals surface area (Å²) in [5.41, 5.74) is 2.03. The normalized spacial score (nSPS) is 10.5. The second kappa shape index (κ2) is 7.45. The first-order valence-corrected chi connectivity index (χ1v) is 7.47. The highest BCUT2D eigenvalue weighted by atomic mass is 19.1. The van der Waals surface area contributed by atoms with Gasteiger partial charge in [-0.1, -0.05) is 18.2 Å². The third-order valence-electron chi connectivity index (χ3n) is 3.49. The van der Waals surface area contributed by atoms with E-state index in [1.807, 2.05) is 18.2 Å². The van der Waals surface area contributed by atoms with Gasteiger partial charge in [0.25, 0.3) is 0 Å². The van der Waals surface area contributed by atoms with E-state index in [9.17, 15) is 4.39 Å². The first-order valence-electron chi connectivity index (χ1n) is 7.47. The van der Waals surface area contributed by atoms with Crippen molar-refractivity contribution in [2.24, 2.45) is 0 Å². The Labute approximate surface area is 134 Å². The molecule has 0 fully saturated rings. The van der Waals surface area contributed by atoms with Crippen LogP contribution in [0.25, 0.3) is 0 Å². The van der Waals surface area contributed by atoms with E-state index in [0.717, 1.165) is 24.2 Å². The lowest BCUT2D eigenvalue weighted by Crippen LogP contribution is -2.27.